The molecule has 104 valence electrons. The number of halogens is 2. The Labute approximate surface area is 110 Å². The highest BCUT2D eigenvalue weighted by Gasteiger charge is 2.21. The minimum Gasteiger partial charge on any atom is -0.322 e. The average molecular weight is 269 g/mol. The highest BCUT2D eigenvalue weighted by atomic mass is 19.1. The molecule has 1 saturated heterocycles. The first kappa shape index (κ1) is 13.9. The van der Waals surface area contributed by atoms with E-state index in [0.717, 1.165) is 31.6 Å². The molecule has 1 unspecified atom stereocenters. The number of nitrogens with one attached hydrogen (secondary N) is 2. The lowest BCUT2D eigenvalue weighted by Crippen LogP contribution is -2.39. The van der Waals surface area contributed by atoms with Gasteiger partial charge >= 0.3 is 0 Å². The van der Waals surface area contributed by atoms with E-state index in [9.17, 15) is 13.6 Å². The number of carbonyl (C=O) groups excluding carboxylic acids is 1. The van der Waals surface area contributed by atoms with Gasteiger partial charge in [-0.05, 0) is 32.1 Å². The lowest BCUT2D eigenvalue weighted by Gasteiger charge is -2.22. The first-order valence-electron chi connectivity index (χ1n) is 6.22. The van der Waals surface area contributed by atoms with Crippen LogP contribution in [-0.4, -0.2) is 43.5 Å². The number of hydrogen-bond acceptors (Lipinski definition) is 3. The van der Waals surface area contributed by atoms with Gasteiger partial charge in [0.15, 0.2) is 0 Å². The van der Waals surface area contributed by atoms with E-state index in [1.165, 1.54) is 6.07 Å². The molecular formula is C13H17F2N3O. The summed E-state index contributed by atoms with van der Waals surface area (Å²) >= 11 is 0. The van der Waals surface area contributed by atoms with Gasteiger partial charge < -0.3 is 10.6 Å². The molecule has 1 aliphatic rings. The fraction of sp³-hybridized carbons (Fsp3) is 0.462. The van der Waals surface area contributed by atoms with Crippen LogP contribution in [0, 0.1) is 11.6 Å². The van der Waals surface area contributed by atoms with Crippen LogP contribution in [0.2, 0.25) is 0 Å². The third-order valence-electron chi connectivity index (χ3n) is 3.26. The Morgan fingerprint density at radius 3 is 2.95 bits per heavy atom. The highest BCUT2D eigenvalue weighted by Crippen LogP contribution is 2.15. The second kappa shape index (κ2) is 6.08. The van der Waals surface area contributed by atoms with Crippen LogP contribution in [0.25, 0.3) is 0 Å². The molecule has 0 aliphatic carbocycles. The molecule has 0 aromatic heterocycles. The van der Waals surface area contributed by atoms with E-state index in [2.05, 4.69) is 10.6 Å². The molecular weight excluding hydrogens is 252 g/mol. The van der Waals surface area contributed by atoms with E-state index >= 15 is 0 Å². The minimum absolute atomic E-state index is 0.00402. The quantitative estimate of drug-likeness (QED) is 0.863. The summed E-state index contributed by atoms with van der Waals surface area (Å²) in [6, 6.07) is 3.41. The number of amides is 1. The normalized spacial score (nSPS) is 18.8. The fourth-order valence-corrected chi connectivity index (χ4v) is 2.15. The Kier molecular flexibility index (Phi) is 4.44. The molecule has 1 fully saturated rings. The molecule has 1 aromatic carbocycles. The Morgan fingerprint density at radius 2 is 2.32 bits per heavy atom. The molecule has 0 spiro atoms. The zero-order valence-corrected chi connectivity index (χ0v) is 10.7. The number of nitrogens with zero attached hydrogens (tertiary/aromatic N) is 1. The summed E-state index contributed by atoms with van der Waals surface area (Å²) in [7, 11) is 1.86. The van der Waals surface area contributed by atoms with Crippen LogP contribution in [0.5, 0.6) is 0 Å². The van der Waals surface area contributed by atoms with Crippen molar-refractivity contribution in [3.8, 4) is 0 Å². The number of benzene rings is 1. The van der Waals surface area contributed by atoms with Crippen LogP contribution < -0.4 is 10.6 Å². The summed E-state index contributed by atoms with van der Waals surface area (Å²) in [4.78, 5) is 13.7. The predicted molar refractivity (Wildman–Crippen MR) is 68.9 cm³/mol. The van der Waals surface area contributed by atoms with Gasteiger partial charge in [0.25, 0.3) is 0 Å². The summed E-state index contributed by atoms with van der Waals surface area (Å²) in [5.41, 5.74) is 0.00402. The lowest BCUT2D eigenvalue weighted by molar-refractivity contribution is -0.117. The molecule has 19 heavy (non-hydrogen) atoms. The van der Waals surface area contributed by atoms with E-state index in [1.807, 2.05) is 11.9 Å². The largest absolute Gasteiger partial charge is 0.322 e. The van der Waals surface area contributed by atoms with Crippen molar-refractivity contribution >= 4 is 11.6 Å². The summed E-state index contributed by atoms with van der Waals surface area (Å²) in [5.74, 6) is -1.73. The van der Waals surface area contributed by atoms with Gasteiger partial charge in [-0.2, -0.15) is 0 Å². The molecule has 1 aromatic rings. The molecule has 0 bridgehead atoms. The van der Waals surface area contributed by atoms with Crippen LogP contribution in [0.1, 0.15) is 6.42 Å². The van der Waals surface area contributed by atoms with Gasteiger partial charge in [-0.25, -0.2) is 8.78 Å². The third-order valence-corrected chi connectivity index (χ3v) is 3.26. The average Bonchev–Trinajstić information content (AvgIpc) is 2.86. The fourth-order valence-electron chi connectivity index (χ4n) is 2.15. The van der Waals surface area contributed by atoms with Crippen molar-refractivity contribution < 1.29 is 13.6 Å². The van der Waals surface area contributed by atoms with E-state index in [1.54, 1.807) is 0 Å². The number of likely N-dealkylation sites (N-methyl/N-ethyl adjacent to an activating group) is 1. The van der Waals surface area contributed by atoms with Crippen LogP contribution in [0.3, 0.4) is 0 Å². The molecule has 1 atom stereocenters. The van der Waals surface area contributed by atoms with Gasteiger partial charge in [0.1, 0.15) is 11.6 Å². The first-order chi connectivity index (χ1) is 9.06. The summed E-state index contributed by atoms with van der Waals surface area (Å²) in [5, 5.41) is 5.67. The zero-order chi connectivity index (χ0) is 13.8. The Morgan fingerprint density at radius 1 is 1.53 bits per heavy atom. The second-order valence-corrected chi connectivity index (χ2v) is 4.73. The van der Waals surface area contributed by atoms with E-state index < -0.39 is 11.6 Å². The van der Waals surface area contributed by atoms with Crippen LogP contribution >= 0.6 is 0 Å². The first-order valence-corrected chi connectivity index (χ1v) is 6.22. The maximum Gasteiger partial charge on any atom is 0.238 e. The standard InChI is InChI=1S/C13H17F2N3O/c1-18(10-4-5-16-7-10)8-13(19)17-12-3-2-9(14)6-11(12)15/h2-3,6,10,16H,4-5,7-8H2,1H3,(H,17,19). The second-order valence-electron chi connectivity index (χ2n) is 4.73. The number of carbonyl (C=O) groups is 1. The molecule has 2 N–H and O–H groups in total. The number of anilines is 1. The molecule has 2 rings (SSSR count). The maximum absolute atomic E-state index is 13.4. The topological polar surface area (TPSA) is 44.4 Å². The zero-order valence-electron chi connectivity index (χ0n) is 10.7. The highest BCUT2D eigenvalue weighted by molar-refractivity contribution is 5.92. The van der Waals surface area contributed by atoms with Crippen molar-refractivity contribution in [2.24, 2.45) is 0 Å². The molecule has 6 heteroatoms. The van der Waals surface area contributed by atoms with Crippen molar-refractivity contribution in [3.05, 3.63) is 29.8 Å². The van der Waals surface area contributed by atoms with Crippen molar-refractivity contribution in [1.82, 2.24) is 10.2 Å². The maximum atomic E-state index is 13.4. The van der Waals surface area contributed by atoms with Crippen LogP contribution in [0.4, 0.5) is 14.5 Å². The van der Waals surface area contributed by atoms with Gasteiger partial charge in [-0.3, -0.25) is 9.69 Å². The molecule has 1 amide bonds. The van der Waals surface area contributed by atoms with E-state index in [4.69, 9.17) is 0 Å². The molecule has 0 radical (unpaired) electrons. The van der Waals surface area contributed by atoms with Gasteiger partial charge in [0.2, 0.25) is 5.91 Å². The Hall–Kier alpha value is -1.53. The summed E-state index contributed by atoms with van der Waals surface area (Å²) in [6.45, 7) is 1.99. The lowest BCUT2D eigenvalue weighted by atomic mass is 10.2. The van der Waals surface area contributed by atoms with Gasteiger partial charge in [0, 0.05) is 18.7 Å². The monoisotopic (exact) mass is 269 g/mol. The van der Waals surface area contributed by atoms with Gasteiger partial charge in [-0.1, -0.05) is 0 Å². The van der Waals surface area contributed by atoms with Gasteiger partial charge in [-0.15, -0.1) is 0 Å². The minimum atomic E-state index is -0.765. The molecule has 1 heterocycles. The third kappa shape index (κ3) is 3.71. The summed E-state index contributed by atoms with van der Waals surface area (Å²) in [6.07, 6.45) is 0.995. The molecule has 1 aliphatic heterocycles. The van der Waals surface area contributed by atoms with Crippen molar-refractivity contribution in [1.29, 1.82) is 0 Å². The van der Waals surface area contributed by atoms with Crippen molar-refractivity contribution in [3.63, 3.8) is 0 Å². The SMILES string of the molecule is CN(CC(=O)Nc1ccc(F)cc1F)C1CCNC1. The smallest absolute Gasteiger partial charge is 0.238 e. The van der Waals surface area contributed by atoms with Crippen molar-refractivity contribution in [2.45, 2.75) is 12.5 Å². The molecule has 4 nitrogen and oxygen atoms in total. The molecule has 0 saturated carbocycles. The number of rotatable bonds is 4. The Balaban J connectivity index is 1.89. The summed E-state index contributed by atoms with van der Waals surface area (Å²) < 4.78 is 26.1. The van der Waals surface area contributed by atoms with Gasteiger partial charge in [0.05, 0.1) is 12.2 Å². The predicted octanol–water partition coefficient (Wildman–Crippen LogP) is 1.20. The van der Waals surface area contributed by atoms with Crippen molar-refractivity contribution in [2.75, 3.05) is 32.0 Å². The number of hydrogen-bond donors (Lipinski definition) is 2. The van der Waals surface area contributed by atoms with E-state index in [0.29, 0.717) is 6.04 Å². The van der Waals surface area contributed by atoms with Crippen LogP contribution in [0.15, 0.2) is 18.2 Å². The van der Waals surface area contributed by atoms with Crippen LogP contribution in [-0.2, 0) is 4.79 Å². The Bertz CT molecular complexity index is 461. The van der Waals surface area contributed by atoms with E-state index in [-0.39, 0.29) is 18.1 Å².